The summed E-state index contributed by atoms with van der Waals surface area (Å²) >= 11 is 0. The summed E-state index contributed by atoms with van der Waals surface area (Å²) in [5, 5.41) is 14.6. The summed E-state index contributed by atoms with van der Waals surface area (Å²) in [7, 11) is -4.78. The molecule has 2 unspecified atom stereocenters. The van der Waals surface area contributed by atoms with E-state index in [1.54, 1.807) is 30.7 Å². The molecule has 0 radical (unpaired) electrons. The fraction of sp³-hybridized carbons (Fsp3) is 0.320. The fourth-order valence-electron chi connectivity index (χ4n) is 4.47. The first-order chi connectivity index (χ1) is 19.6. The number of hydrogen-bond donors (Lipinski definition) is 1. The van der Waals surface area contributed by atoms with Crippen LogP contribution in [0.4, 0.5) is 13.2 Å². The highest BCUT2D eigenvalue weighted by atomic mass is 32.2. The number of rotatable bonds is 9. The number of benzene rings is 1. The maximum Gasteiger partial charge on any atom is 0.492 e. The van der Waals surface area contributed by atoms with E-state index in [9.17, 15) is 31.6 Å². The Bertz CT molecular complexity index is 1710. The molecule has 5 rings (SSSR count). The van der Waals surface area contributed by atoms with Crippen molar-refractivity contribution < 1.29 is 36.0 Å². The van der Waals surface area contributed by atoms with E-state index in [0.29, 0.717) is 41.9 Å². The van der Waals surface area contributed by atoms with Gasteiger partial charge in [-0.15, -0.1) is 0 Å². The van der Waals surface area contributed by atoms with E-state index >= 15 is 0 Å². The minimum Gasteiger partial charge on any atom is -0.377 e. The van der Waals surface area contributed by atoms with Crippen LogP contribution in [-0.4, -0.2) is 69.0 Å². The van der Waals surface area contributed by atoms with Crippen molar-refractivity contribution in [3.05, 3.63) is 60.8 Å². The Morgan fingerprint density at radius 2 is 2.15 bits per heavy atom. The number of ether oxygens (including phenoxy) is 1. The molecule has 16 heteroatoms. The predicted molar refractivity (Wildman–Crippen MR) is 135 cm³/mol. The number of nitriles is 1. The molecule has 0 bridgehead atoms. The quantitative estimate of drug-likeness (QED) is 0.289. The number of hydrogen-bond acceptors (Lipinski definition) is 9. The maximum absolute atomic E-state index is 13.5. The molecule has 1 aliphatic rings. The molecule has 41 heavy (non-hydrogen) atoms. The molecule has 4 aromatic rings. The zero-order valence-electron chi connectivity index (χ0n) is 21.2. The van der Waals surface area contributed by atoms with Gasteiger partial charge in [0.2, 0.25) is 0 Å². The van der Waals surface area contributed by atoms with Crippen LogP contribution >= 0.6 is 0 Å². The van der Waals surface area contributed by atoms with Crippen molar-refractivity contribution in [3.63, 3.8) is 0 Å². The number of fused-ring (bicyclic) bond motifs is 1. The number of aromatic nitrogens is 5. The van der Waals surface area contributed by atoms with E-state index < -0.39 is 45.8 Å². The molecule has 12 nitrogen and oxygen atoms in total. The third kappa shape index (κ3) is 5.92. The number of hydroxylamine groups is 1. The van der Waals surface area contributed by atoms with Crippen molar-refractivity contribution in [3.8, 4) is 17.3 Å². The predicted octanol–water partition coefficient (Wildman–Crippen LogP) is 3.51. The van der Waals surface area contributed by atoms with E-state index in [4.69, 9.17) is 4.74 Å². The lowest BCUT2D eigenvalue weighted by Gasteiger charge is -2.24. The van der Waals surface area contributed by atoms with Crippen molar-refractivity contribution in [2.24, 2.45) is 0 Å². The largest absolute Gasteiger partial charge is 0.492 e. The van der Waals surface area contributed by atoms with Gasteiger partial charge in [0.05, 0.1) is 48.0 Å². The van der Waals surface area contributed by atoms with E-state index in [0.717, 1.165) is 11.5 Å². The lowest BCUT2D eigenvalue weighted by Crippen LogP contribution is -2.42. The van der Waals surface area contributed by atoms with Crippen LogP contribution in [0.25, 0.3) is 22.3 Å². The highest BCUT2D eigenvalue weighted by Crippen LogP contribution is 2.30. The Balaban J connectivity index is 1.48. The van der Waals surface area contributed by atoms with Crippen LogP contribution in [-0.2, 0) is 24.4 Å². The number of carbonyl (C=O) groups is 1. The second-order valence-corrected chi connectivity index (χ2v) is 11.0. The number of H-pyrrole nitrogens is 1. The number of alkyl halides is 3. The minimum atomic E-state index is -5.42. The highest BCUT2D eigenvalue weighted by Gasteiger charge is 2.45. The Morgan fingerprint density at radius 1 is 1.32 bits per heavy atom. The van der Waals surface area contributed by atoms with Gasteiger partial charge in [0.1, 0.15) is 12.0 Å². The average molecular weight is 590 g/mol. The minimum absolute atomic E-state index is 0.0144. The molecular formula is C25H22F3N7O5S. The summed E-state index contributed by atoms with van der Waals surface area (Å²) in [6, 6.07) is 8.38. The number of halogens is 3. The Labute approximate surface area is 231 Å². The molecule has 3 aromatic heterocycles. The second-order valence-electron chi connectivity index (χ2n) is 9.12. The van der Waals surface area contributed by atoms with Crippen molar-refractivity contribution in [1.29, 1.82) is 5.26 Å². The molecule has 0 amide bonds. The normalized spacial score (nSPS) is 16.6. The molecule has 0 saturated carbocycles. The topological polar surface area (TPSA) is 156 Å². The zero-order chi connectivity index (χ0) is 29.2. The average Bonchev–Trinajstić information content (AvgIpc) is 3.73. The molecule has 1 fully saturated rings. The molecule has 0 spiro atoms. The van der Waals surface area contributed by atoms with Gasteiger partial charge >= 0.3 is 12.1 Å². The van der Waals surface area contributed by atoms with Gasteiger partial charge in [0, 0.05) is 30.0 Å². The molecule has 4 heterocycles. The van der Waals surface area contributed by atoms with Crippen LogP contribution in [0.1, 0.15) is 30.9 Å². The Morgan fingerprint density at radius 3 is 2.88 bits per heavy atom. The molecule has 1 saturated heterocycles. The summed E-state index contributed by atoms with van der Waals surface area (Å²) in [6.07, 6.45) is 0.958. The molecule has 0 aliphatic carbocycles. The van der Waals surface area contributed by atoms with E-state index in [2.05, 4.69) is 24.9 Å². The van der Waals surface area contributed by atoms with Gasteiger partial charge in [-0.05, 0) is 41.1 Å². The number of nitrogens with one attached hydrogen (secondary N) is 1. The highest BCUT2D eigenvalue weighted by molar-refractivity contribution is 7.89. The van der Waals surface area contributed by atoms with Crippen molar-refractivity contribution in [1.82, 2.24) is 29.2 Å². The summed E-state index contributed by atoms with van der Waals surface area (Å²) in [4.78, 5) is 27.0. The maximum atomic E-state index is 13.5. The lowest BCUT2D eigenvalue weighted by molar-refractivity contribution is -0.224. The van der Waals surface area contributed by atoms with Gasteiger partial charge < -0.3 is 14.6 Å². The fourth-order valence-corrected chi connectivity index (χ4v) is 5.77. The van der Waals surface area contributed by atoms with Crippen LogP contribution in [0.2, 0.25) is 0 Å². The SMILES string of the molecule is N#CCC(c1cccc(S(=O)(=O)N(CC2CCCO2)OC(=O)C(F)(F)F)c1)n1cc(-c2ncnc3[nH]ccc23)cn1. The molecule has 1 aromatic carbocycles. The van der Waals surface area contributed by atoms with Crippen molar-refractivity contribution >= 4 is 27.0 Å². The number of aromatic amines is 1. The number of sulfonamides is 1. The molecular weight excluding hydrogens is 567 g/mol. The van der Waals surface area contributed by atoms with Gasteiger partial charge in [0.25, 0.3) is 10.0 Å². The summed E-state index contributed by atoms with van der Waals surface area (Å²) < 4.78 is 72.7. The monoisotopic (exact) mass is 589 g/mol. The van der Waals surface area contributed by atoms with Crippen LogP contribution in [0.15, 0.2) is 60.1 Å². The van der Waals surface area contributed by atoms with Gasteiger partial charge in [-0.1, -0.05) is 12.1 Å². The first-order valence-corrected chi connectivity index (χ1v) is 13.7. The van der Waals surface area contributed by atoms with Gasteiger partial charge in [-0.25, -0.2) is 23.2 Å². The summed E-state index contributed by atoms with van der Waals surface area (Å²) in [5.74, 6) is -2.68. The second kappa shape index (κ2) is 11.3. The van der Waals surface area contributed by atoms with Crippen molar-refractivity contribution in [2.75, 3.05) is 13.2 Å². The third-order valence-electron chi connectivity index (χ3n) is 6.43. The Hall–Kier alpha value is -4.33. The third-order valence-corrected chi connectivity index (χ3v) is 8.04. The van der Waals surface area contributed by atoms with Crippen LogP contribution in [0.5, 0.6) is 0 Å². The Kier molecular flexibility index (Phi) is 7.76. The summed E-state index contributed by atoms with van der Waals surface area (Å²) in [6.45, 7) is -0.321. The lowest BCUT2D eigenvalue weighted by atomic mass is 10.0. The molecule has 1 N–H and O–H groups in total. The number of nitrogens with zero attached hydrogens (tertiary/aromatic N) is 6. The van der Waals surface area contributed by atoms with Crippen molar-refractivity contribution in [2.45, 2.75) is 42.5 Å². The summed E-state index contributed by atoms with van der Waals surface area (Å²) in [5.41, 5.74) is 2.15. The first kappa shape index (κ1) is 28.2. The molecule has 214 valence electrons. The number of carbonyl (C=O) groups excluding carboxylic acids is 1. The van der Waals surface area contributed by atoms with E-state index in [-0.39, 0.29) is 10.9 Å². The first-order valence-electron chi connectivity index (χ1n) is 12.3. The zero-order valence-corrected chi connectivity index (χ0v) is 22.0. The van der Waals surface area contributed by atoms with Crippen LogP contribution in [0, 0.1) is 11.3 Å². The molecule has 1 aliphatic heterocycles. The van der Waals surface area contributed by atoms with Crippen LogP contribution in [0.3, 0.4) is 0 Å². The molecule has 2 atom stereocenters. The van der Waals surface area contributed by atoms with Gasteiger partial charge in [0.15, 0.2) is 0 Å². The standard InChI is InChI=1S/C25H22F3N7O5S/c26-25(27,28)24(36)40-35(14-18-4-2-10-39-18)41(37,38)19-5-1-3-16(11-19)21(6-8-29)34-13-17(12-33-34)22-20-7-9-30-23(20)32-15-31-22/h1,3,5,7,9,11-13,15,18,21H,2,4,6,10,14H2,(H,30,31,32). The van der Waals surface area contributed by atoms with Gasteiger partial charge in [-0.3, -0.25) is 4.68 Å². The smallest absolute Gasteiger partial charge is 0.377 e. The van der Waals surface area contributed by atoms with E-state index in [1.165, 1.54) is 23.1 Å². The van der Waals surface area contributed by atoms with Crippen LogP contribution < -0.4 is 0 Å². The van der Waals surface area contributed by atoms with Gasteiger partial charge in [-0.2, -0.15) is 23.5 Å². The van der Waals surface area contributed by atoms with E-state index in [1.807, 2.05) is 6.07 Å².